The highest BCUT2D eigenvalue weighted by Crippen LogP contribution is 2.31. The maximum Gasteiger partial charge on any atom is 0.138 e. The van der Waals surface area contributed by atoms with E-state index in [2.05, 4.69) is 26.2 Å². The van der Waals surface area contributed by atoms with Crippen LogP contribution < -0.4 is 10.1 Å². The van der Waals surface area contributed by atoms with Gasteiger partial charge in [0.25, 0.3) is 0 Å². The summed E-state index contributed by atoms with van der Waals surface area (Å²) in [7, 11) is 1.91. The Morgan fingerprint density at radius 1 is 1.10 bits per heavy atom. The normalized spacial score (nSPS) is 10.8. The predicted molar refractivity (Wildman–Crippen MR) is 88.7 cm³/mol. The van der Waals surface area contributed by atoms with E-state index < -0.39 is 0 Å². The molecule has 1 heterocycles. The smallest absolute Gasteiger partial charge is 0.138 e. The number of aromatic nitrogens is 1. The minimum absolute atomic E-state index is 0.708. The van der Waals surface area contributed by atoms with Crippen molar-refractivity contribution in [2.75, 3.05) is 7.05 Å². The van der Waals surface area contributed by atoms with Crippen LogP contribution in [0.2, 0.25) is 0 Å². The summed E-state index contributed by atoms with van der Waals surface area (Å²) in [6.07, 6.45) is 0. The van der Waals surface area contributed by atoms with Crippen LogP contribution in [0.15, 0.2) is 59.1 Å². The summed E-state index contributed by atoms with van der Waals surface area (Å²) in [4.78, 5) is 4.63. The van der Waals surface area contributed by atoms with Crippen molar-refractivity contribution in [3.05, 3.63) is 64.8 Å². The summed E-state index contributed by atoms with van der Waals surface area (Å²) in [5.41, 5.74) is 1.90. The van der Waals surface area contributed by atoms with E-state index in [0.717, 1.165) is 32.6 Å². The number of hydrogen-bond acceptors (Lipinski definition) is 3. The Morgan fingerprint density at radius 2 is 1.95 bits per heavy atom. The number of fused-ring (bicyclic) bond motifs is 1. The SMILES string of the molecule is CNCc1cc(Oc2cccc(Br)c2)c2ccccc2n1. The second-order valence-electron chi connectivity index (χ2n) is 4.72. The van der Waals surface area contributed by atoms with Gasteiger partial charge in [-0.2, -0.15) is 0 Å². The minimum atomic E-state index is 0.708. The highest BCUT2D eigenvalue weighted by Gasteiger charge is 2.07. The van der Waals surface area contributed by atoms with Crippen molar-refractivity contribution in [3.8, 4) is 11.5 Å². The van der Waals surface area contributed by atoms with Gasteiger partial charge in [0.1, 0.15) is 11.5 Å². The third-order valence-corrected chi connectivity index (χ3v) is 3.61. The molecule has 21 heavy (non-hydrogen) atoms. The van der Waals surface area contributed by atoms with Gasteiger partial charge in [-0.1, -0.05) is 34.1 Å². The molecule has 3 aromatic rings. The summed E-state index contributed by atoms with van der Waals surface area (Å²) in [5.74, 6) is 1.63. The zero-order valence-corrected chi connectivity index (χ0v) is 13.2. The lowest BCUT2D eigenvalue weighted by atomic mass is 10.2. The molecule has 1 aromatic heterocycles. The lowest BCUT2D eigenvalue weighted by molar-refractivity contribution is 0.486. The first-order chi connectivity index (χ1) is 10.3. The molecule has 1 N–H and O–H groups in total. The molecule has 106 valence electrons. The minimum Gasteiger partial charge on any atom is -0.457 e. The number of nitrogens with zero attached hydrogens (tertiary/aromatic N) is 1. The molecule has 2 aromatic carbocycles. The van der Waals surface area contributed by atoms with Gasteiger partial charge in [-0.3, -0.25) is 4.98 Å². The van der Waals surface area contributed by atoms with Crippen molar-refractivity contribution in [3.63, 3.8) is 0 Å². The van der Waals surface area contributed by atoms with Gasteiger partial charge in [0.05, 0.1) is 11.2 Å². The first kappa shape index (κ1) is 14.0. The first-order valence-electron chi connectivity index (χ1n) is 6.73. The standard InChI is InChI=1S/C17H15BrN2O/c1-19-11-13-10-17(15-7-2-3-8-16(15)20-13)21-14-6-4-5-12(18)9-14/h2-10,19H,11H2,1H3. The lowest BCUT2D eigenvalue weighted by Gasteiger charge is -2.11. The van der Waals surface area contributed by atoms with Crippen LogP contribution in [0.5, 0.6) is 11.5 Å². The van der Waals surface area contributed by atoms with Gasteiger partial charge >= 0.3 is 0 Å². The number of rotatable bonds is 4. The van der Waals surface area contributed by atoms with Gasteiger partial charge in [0.2, 0.25) is 0 Å². The van der Waals surface area contributed by atoms with Crippen molar-refractivity contribution >= 4 is 26.8 Å². The molecule has 0 atom stereocenters. The fourth-order valence-electron chi connectivity index (χ4n) is 2.21. The van der Waals surface area contributed by atoms with Crippen LogP contribution in [-0.2, 0) is 6.54 Å². The van der Waals surface area contributed by atoms with Crippen molar-refractivity contribution in [1.29, 1.82) is 0 Å². The number of para-hydroxylation sites is 1. The predicted octanol–water partition coefficient (Wildman–Crippen LogP) is 4.51. The monoisotopic (exact) mass is 342 g/mol. The van der Waals surface area contributed by atoms with Crippen LogP contribution in [0, 0.1) is 0 Å². The molecule has 0 unspecified atom stereocenters. The molecule has 4 heteroatoms. The highest BCUT2D eigenvalue weighted by molar-refractivity contribution is 9.10. The molecule has 0 saturated heterocycles. The van der Waals surface area contributed by atoms with Crippen molar-refractivity contribution in [2.45, 2.75) is 6.54 Å². The van der Waals surface area contributed by atoms with E-state index in [4.69, 9.17) is 4.74 Å². The highest BCUT2D eigenvalue weighted by atomic mass is 79.9. The zero-order valence-electron chi connectivity index (χ0n) is 11.6. The van der Waals surface area contributed by atoms with Gasteiger partial charge in [-0.15, -0.1) is 0 Å². The van der Waals surface area contributed by atoms with Crippen molar-refractivity contribution < 1.29 is 4.74 Å². The maximum atomic E-state index is 6.06. The van der Waals surface area contributed by atoms with Gasteiger partial charge < -0.3 is 10.1 Å². The molecule has 0 spiro atoms. The second kappa shape index (κ2) is 6.24. The average molecular weight is 343 g/mol. The summed E-state index contributed by atoms with van der Waals surface area (Å²) in [5, 5.41) is 4.13. The Labute approximate surface area is 132 Å². The van der Waals surface area contributed by atoms with Gasteiger partial charge in [-0.05, 0) is 37.4 Å². The van der Waals surface area contributed by atoms with Crippen molar-refractivity contribution in [1.82, 2.24) is 10.3 Å². The molecule has 3 rings (SSSR count). The molecule has 3 nitrogen and oxygen atoms in total. The van der Waals surface area contributed by atoms with Gasteiger partial charge in [0.15, 0.2) is 0 Å². The third-order valence-electron chi connectivity index (χ3n) is 3.11. The Bertz CT molecular complexity index is 774. The van der Waals surface area contributed by atoms with E-state index in [-0.39, 0.29) is 0 Å². The zero-order chi connectivity index (χ0) is 14.7. The Hall–Kier alpha value is -1.91. The first-order valence-corrected chi connectivity index (χ1v) is 7.52. The fraction of sp³-hybridized carbons (Fsp3) is 0.118. The third kappa shape index (κ3) is 3.23. The molecule has 0 aliphatic heterocycles. The van der Waals surface area contributed by atoms with Crippen LogP contribution >= 0.6 is 15.9 Å². The number of pyridine rings is 1. The van der Waals surface area contributed by atoms with Crippen molar-refractivity contribution in [2.24, 2.45) is 0 Å². The molecule has 0 saturated carbocycles. The average Bonchev–Trinajstić information content (AvgIpc) is 2.48. The molecule has 0 radical (unpaired) electrons. The van der Waals surface area contributed by atoms with E-state index in [1.54, 1.807) is 0 Å². The number of hydrogen-bond donors (Lipinski definition) is 1. The number of benzene rings is 2. The number of ether oxygens (including phenoxy) is 1. The van der Waals surface area contributed by atoms with Gasteiger partial charge in [-0.25, -0.2) is 0 Å². The molecule has 0 fully saturated rings. The Kier molecular flexibility index (Phi) is 4.18. The Morgan fingerprint density at radius 3 is 2.76 bits per heavy atom. The summed E-state index contributed by atoms with van der Waals surface area (Å²) in [6.45, 7) is 0.708. The van der Waals surface area contributed by atoms with E-state index >= 15 is 0 Å². The van der Waals surface area contributed by atoms with Crippen LogP contribution in [0.25, 0.3) is 10.9 Å². The number of halogens is 1. The topological polar surface area (TPSA) is 34.1 Å². The van der Waals surface area contributed by atoms with E-state index in [9.17, 15) is 0 Å². The largest absolute Gasteiger partial charge is 0.457 e. The summed E-state index contributed by atoms with van der Waals surface area (Å²) < 4.78 is 7.06. The quantitative estimate of drug-likeness (QED) is 0.757. The summed E-state index contributed by atoms with van der Waals surface area (Å²) >= 11 is 3.46. The molecular weight excluding hydrogens is 328 g/mol. The lowest BCUT2D eigenvalue weighted by Crippen LogP contribution is -2.07. The molecule has 0 aliphatic carbocycles. The van der Waals surface area contributed by atoms with Crippen LogP contribution in [0.4, 0.5) is 0 Å². The molecule has 0 aliphatic rings. The van der Waals surface area contributed by atoms with E-state index in [1.807, 2.05) is 61.6 Å². The molecule has 0 bridgehead atoms. The maximum absolute atomic E-state index is 6.06. The second-order valence-corrected chi connectivity index (χ2v) is 5.63. The fourth-order valence-corrected chi connectivity index (χ4v) is 2.59. The van der Waals surface area contributed by atoms with Crippen LogP contribution in [0.1, 0.15) is 5.69 Å². The van der Waals surface area contributed by atoms with Gasteiger partial charge in [0, 0.05) is 22.5 Å². The van der Waals surface area contributed by atoms with Crippen LogP contribution in [0.3, 0.4) is 0 Å². The van der Waals surface area contributed by atoms with Crippen LogP contribution in [-0.4, -0.2) is 12.0 Å². The van der Waals surface area contributed by atoms with E-state index in [1.165, 1.54) is 0 Å². The van der Waals surface area contributed by atoms with E-state index in [0.29, 0.717) is 6.54 Å². The number of nitrogens with one attached hydrogen (secondary N) is 1. The molecular formula is C17H15BrN2O. The molecule has 0 amide bonds. The Balaban J connectivity index is 2.07. The summed E-state index contributed by atoms with van der Waals surface area (Å²) in [6, 6.07) is 17.8.